The van der Waals surface area contributed by atoms with Crippen LogP contribution in [0.15, 0.2) is 6.07 Å². The summed E-state index contributed by atoms with van der Waals surface area (Å²) in [5, 5.41) is 10.5. The number of rotatable bonds is 1. The maximum absolute atomic E-state index is 10.6. The van der Waals surface area contributed by atoms with Crippen LogP contribution in [0.1, 0.15) is 25.6 Å². The number of nitrogens with zero attached hydrogens (tertiary/aromatic N) is 3. The molecule has 3 heterocycles. The second-order valence-corrected chi connectivity index (χ2v) is 8.07. The minimum atomic E-state index is -5.08. The number of piperazine rings is 1. The minimum absolute atomic E-state index is 0.126. The molecule has 1 aliphatic heterocycles. The highest BCUT2D eigenvalue weighted by Crippen LogP contribution is 2.37. The van der Waals surface area contributed by atoms with Gasteiger partial charge < -0.3 is 21.1 Å². The maximum Gasteiger partial charge on any atom is 0.490 e. The molecule has 11 heteroatoms. The average molecular weight is 405 g/mol. The molecule has 150 valence electrons. The van der Waals surface area contributed by atoms with Gasteiger partial charge in [-0.2, -0.15) is 18.2 Å². The molecule has 3 rings (SSSR count). The molecule has 1 fully saturated rings. The summed E-state index contributed by atoms with van der Waals surface area (Å²) in [6.45, 7) is 10.6. The van der Waals surface area contributed by atoms with Gasteiger partial charge in [-0.1, -0.05) is 20.8 Å². The number of halogens is 3. The molecule has 2 aromatic rings. The fourth-order valence-corrected chi connectivity index (χ4v) is 3.56. The number of anilines is 2. The molecule has 27 heavy (non-hydrogen) atoms. The van der Waals surface area contributed by atoms with Gasteiger partial charge in [-0.15, -0.1) is 11.3 Å². The first-order valence-electron chi connectivity index (χ1n) is 8.23. The van der Waals surface area contributed by atoms with Gasteiger partial charge in [0.15, 0.2) is 5.82 Å². The van der Waals surface area contributed by atoms with Crippen molar-refractivity contribution in [3.05, 3.63) is 10.9 Å². The summed E-state index contributed by atoms with van der Waals surface area (Å²) in [7, 11) is 0. The fraction of sp³-hybridized carbons (Fsp3) is 0.562. The molecule has 0 aliphatic carbocycles. The van der Waals surface area contributed by atoms with Crippen molar-refractivity contribution in [1.82, 2.24) is 15.3 Å². The Kier molecular flexibility index (Phi) is 6.15. The molecular formula is C16H22F3N5O2S. The predicted molar refractivity (Wildman–Crippen MR) is 99.3 cm³/mol. The molecule has 0 spiro atoms. The van der Waals surface area contributed by atoms with Crippen LogP contribution in [0.5, 0.6) is 0 Å². The Balaban J connectivity index is 0.000000321. The number of aromatic nitrogens is 2. The predicted octanol–water partition coefficient (Wildman–Crippen LogP) is 2.61. The average Bonchev–Trinajstić information content (AvgIpc) is 2.98. The lowest BCUT2D eigenvalue weighted by Gasteiger charge is -2.28. The lowest BCUT2D eigenvalue weighted by Crippen LogP contribution is -2.44. The number of hydrogen-bond acceptors (Lipinski definition) is 7. The monoisotopic (exact) mass is 405 g/mol. The molecule has 0 amide bonds. The molecule has 0 saturated carbocycles. The van der Waals surface area contributed by atoms with Crippen molar-refractivity contribution in [1.29, 1.82) is 0 Å². The van der Waals surface area contributed by atoms with Gasteiger partial charge in [-0.25, -0.2) is 9.78 Å². The molecule has 7 nitrogen and oxygen atoms in total. The van der Waals surface area contributed by atoms with Crippen molar-refractivity contribution in [3.8, 4) is 0 Å². The normalized spacial score (nSPS) is 15.4. The van der Waals surface area contributed by atoms with E-state index in [0.717, 1.165) is 42.2 Å². The van der Waals surface area contributed by atoms with Gasteiger partial charge in [0, 0.05) is 31.1 Å². The van der Waals surface area contributed by atoms with Gasteiger partial charge in [0.2, 0.25) is 5.95 Å². The van der Waals surface area contributed by atoms with Crippen LogP contribution in [-0.4, -0.2) is 53.4 Å². The van der Waals surface area contributed by atoms with E-state index in [1.54, 1.807) is 11.3 Å². The SMILES string of the molecule is CC(C)(C)c1cc2nc(N)nc(N3CCNCC3)c2s1.O=C(O)C(F)(F)F. The smallest absolute Gasteiger partial charge is 0.475 e. The Morgan fingerprint density at radius 1 is 1.26 bits per heavy atom. The van der Waals surface area contributed by atoms with Crippen LogP contribution in [0.3, 0.4) is 0 Å². The van der Waals surface area contributed by atoms with Gasteiger partial charge in [-0.3, -0.25) is 0 Å². The Hall–Kier alpha value is -2.14. The molecule has 0 aromatic carbocycles. The Morgan fingerprint density at radius 2 is 1.81 bits per heavy atom. The van der Waals surface area contributed by atoms with Crippen molar-refractivity contribution in [3.63, 3.8) is 0 Å². The number of carbonyl (C=O) groups is 1. The second-order valence-electron chi connectivity index (χ2n) is 7.02. The highest BCUT2D eigenvalue weighted by Gasteiger charge is 2.38. The van der Waals surface area contributed by atoms with Crippen molar-refractivity contribution < 1.29 is 23.1 Å². The molecular weight excluding hydrogens is 383 g/mol. The van der Waals surface area contributed by atoms with Crippen molar-refractivity contribution in [2.45, 2.75) is 32.4 Å². The van der Waals surface area contributed by atoms with Crippen LogP contribution in [0, 0.1) is 0 Å². The molecule has 1 aliphatic rings. The molecule has 0 radical (unpaired) electrons. The quantitative estimate of drug-likeness (QED) is 0.670. The number of alkyl halides is 3. The van der Waals surface area contributed by atoms with E-state index in [0.29, 0.717) is 5.95 Å². The third-order valence-corrected chi connectivity index (χ3v) is 5.32. The van der Waals surface area contributed by atoms with Crippen LogP contribution >= 0.6 is 11.3 Å². The third kappa shape index (κ3) is 5.42. The zero-order valence-corrected chi connectivity index (χ0v) is 16.0. The third-order valence-electron chi connectivity index (χ3n) is 3.77. The number of nitrogen functional groups attached to an aromatic ring is 1. The van der Waals surface area contributed by atoms with Gasteiger partial charge >= 0.3 is 12.1 Å². The highest BCUT2D eigenvalue weighted by atomic mass is 32.1. The number of thiophene rings is 1. The molecule has 2 aromatic heterocycles. The van der Waals surface area contributed by atoms with Crippen LogP contribution in [0.4, 0.5) is 24.9 Å². The summed E-state index contributed by atoms with van der Waals surface area (Å²) < 4.78 is 32.9. The zero-order chi connectivity index (χ0) is 20.4. The Labute approximate surface area is 158 Å². The van der Waals surface area contributed by atoms with Crippen molar-refractivity contribution >= 4 is 39.3 Å². The van der Waals surface area contributed by atoms with E-state index in [1.807, 2.05) is 0 Å². The van der Waals surface area contributed by atoms with E-state index < -0.39 is 12.1 Å². The van der Waals surface area contributed by atoms with E-state index >= 15 is 0 Å². The maximum atomic E-state index is 10.6. The summed E-state index contributed by atoms with van der Waals surface area (Å²) in [6, 6.07) is 2.16. The highest BCUT2D eigenvalue weighted by molar-refractivity contribution is 7.19. The first-order chi connectivity index (χ1) is 12.4. The molecule has 0 bridgehead atoms. The molecule has 0 unspecified atom stereocenters. The molecule has 1 saturated heterocycles. The Bertz CT molecular complexity index is 811. The van der Waals surface area contributed by atoms with Crippen LogP contribution in [0.25, 0.3) is 10.2 Å². The summed E-state index contributed by atoms with van der Waals surface area (Å²) >= 11 is 1.79. The fourth-order valence-electron chi connectivity index (χ4n) is 2.39. The standard InChI is InChI=1S/C14H21N5S.C2HF3O2/c1-14(2,3)10-8-9-11(20-10)12(18-13(15)17-9)19-6-4-16-5-7-19;3-2(4,5)1(6)7/h8,16H,4-7H2,1-3H3,(H2,15,17,18);(H,6,7). The topological polar surface area (TPSA) is 104 Å². The number of nitrogens with two attached hydrogens (primary N) is 1. The zero-order valence-electron chi connectivity index (χ0n) is 15.2. The van der Waals surface area contributed by atoms with Crippen LogP contribution in [-0.2, 0) is 10.2 Å². The van der Waals surface area contributed by atoms with Crippen molar-refractivity contribution in [2.24, 2.45) is 0 Å². The minimum Gasteiger partial charge on any atom is -0.475 e. The lowest BCUT2D eigenvalue weighted by atomic mass is 9.95. The van der Waals surface area contributed by atoms with Gasteiger partial charge in [0.05, 0.1) is 10.2 Å². The van der Waals surface area contributed by atoms with Gasteiger partial charge in [0.1, 0.15) is 0 Å². The lowest BCUT2D eigenvalue weighted by molar-refractivity contribution is -0.192. The van der Waals surface area contributed by atoms with E-state index in [9.17, 15) is 13.2 Å². The van der Waals surface area contributed by atoms with E-state index in [-0.39, 0.29) is 5.41 Å². The number of nitrogens with one attached hydrogen (secondary N) is 1. The van der Waals surface area contributed by atoms with E-state index in [4.69, 9.17) is 15.6 Å². The van der Waals surface area contributed by atoms with Crippen molar-refractivity contribution in [2.75, 3.05) is 36.8 Å². The summed E-state index contributed by atoms with van der Waals surface area (Å²) in [6.07, 6.45) is -5.08. The molecule has 0 atom stereocenters. The molecule has 4 N–H and O–H groups in total. The number of carboxylic acids is 1. The van der Waals surface area contributed by atoms with Crippen LogP contribution < -0.4 is 16.0 Å². The first kappa shape index (κ1) is 21.2. The number of fused-ring (bicyclic) bond motifs is 1. The number of hydrogen-bond donors (Lipinski definition) is 3. The van der Waals surface area contributed by atoms with E-state index in [2.05, 4.69) is 47.0 Å². The Morgan fingerprint density at radius 3 is 2.30 bits per heavy atom. The van der Waals surface area contributed by atoms with Gasteiger partial charge in [0.25, 0.3) is 0 Å². The van der Waals surface area contributed by atoms with Crippen LogP contribution in [0.2, 0.25) is 0 Å². The largest absolute Gasteiger partial charge is 0.490 e. The van der Waals surface area contributed by atoms with E-state index in [1.165, 1.54) is 4.88 Å². The number of carboxylic acid groups (broad SMARTS) is 1. The van der Waals surface area contributed by atoms with Gasteiger partial charge in [-0.05, 0) is 11.5 Å². The first-order valence-corrected chi connectivity index (χ1v) is 9.04. The summed E-state index contributed by atoms with van der Waals surface area (Å²) in [4.78, 5) is 21.4. The number of aliphatic carboxylic acids is 1. The summed E-state index contributed by atoms with van der Waals surface area (Å²) in [5.41, 5.74) is 6.99. The summed E-state index contributed by atoms with van der Waals surface area (Å²) in [5.74, 6) is -1.40. The second kappa shape index (κ2) is 7.85.